The van der Waals surface area contributed by atoms with Crippen LogP contribution in [0.15, 0.2) is 152 Å². The largest absolute Gasteiger partial charge is 0.309 e. The summed E-state index contributed by atoms with van der Waals surface area (Å²) in [5.41, 5.74) is 6.14. The summed E-state index contributed by atoms with van der Waals surface area (Å²) < 4.78 is 2.48. The molecule has 1 heterocycles. The maximum Gasteiger partial charge on any atom is 0.0625 e. The van der Waals surface area contributed by atoms with E-state index in [4.69, 9.17) is 0 Å². The van der Waals surface area contributed by atoms with E-state index in [-0.39, 0.29) is 0 Å². The zero-order valence-corrected chi connectivity index (χ0v) is 22.4. The molecular formula is C40H25N. The van der Waals surface area contributed by atoms with Crippen molar-refractivity contribution in [2.24, 2.45) is 0 Å². The Balaban J connectivity index is 1.45. The van der Waals surface area contributed by atoms with Crippen LogP contribution in [0.4, 0.5) is 0 Å². The monoisotopic (exact) mass is 519 g/mol. The first-order valence-electron chi connectivity index (χ1n) is 14.2. The summed E-state index contributed by atoms with van der Waals surface area (Å²) in [4.78, 5) is 0. The molecule has 0 aliphatic rings. The highest BCUT2D eigenvalue weighted by Gasteiger charge is 2.20. The maximum absolute atomic E-state index is 2.48. The fourth-order valence-corrected chi connectivity index (χ4v) is 7.00. The predicted octanol–water partition coefficient (Wildman–Crippen LogP) is 11.1. The lowest BCUT2D eigenvalue weighted by Crippen LogP contribution is -1.95. The van der Waals surface area contributed by atoms with Gasteiger partial charge in [0.15, 0.2) is 0 Å². The van der Waals surface area contributed by atoms with Gasteiger partial charge < -0.3 is 4.57 Å². The van der Waals surface area contributed by atoms with E-state index in [1.54, 1.807) is 0 Å². The summed E-state index contributed by atoms with van der Waals surface area (Å²) >= 11 is 0. The maximum atomic E-state index is 2.48. The molecule has 0 N–H and O–H groups in total. The minimum Gasteiger partial charge on any atom is -0.309 e. The highest BCUT2D eigenvalue weighted by molar-refractivity contribution is 6.36. The quantitative estimate of drug-likeness (QED) is 0.200. The molecule has 41 heavy (non-hydrogen) atoms. The number of hydrogen-bond acceptors (Lipinski definition) is 0. The molecule has 0 unspecified atom stereocenters. The summed E-state index contributed by atoms with van der Waals surface area (Å²) in [5.74, 6) is 0. The van der Waals surface area contributed by atoms with Crippen LogP contribution in [0.2, 0.25) is 0 Å². The fourth-order valence-electron chi connectivity index (χ4n) is 7.00. The van der Waals surface area contributed by atoms with Crippen molar-refractivity contribution in [3.05, 3.63) is 152 Å². The van der Waals surface area contributed by atoms with Gasteiger partial charge in [-0.1, -0.05) is 133 Å². The van der Waals surface area contributed by atoms with Gasteiger partial charge in [-0.15, -0.1) is 0 Å². The van der Waals surface area contributed by atoms with Crippen LogP contribution in [0, 0.1) is 0 Å². The Morgan fingerprint density at radius 2 is 1.00 bits per heavy atom. The second-order valence-corrected chi connectivity index (χ2v) is 10.9. The summed E-state index contributed by atoms with van der Waals surface area (Å²) in [6.45, 7) is 0. The molecule has 9 aromatic rings. The Labute approximate surface area is 237 Å². The lowest BCUT2D eigenvalue weighted by Gasteiger charge is -2.15. The molecule has 0 spiro atoms. The SMILES string of the molecule is c1cc(-c2cccc3ccccc23)cc(-n2c3ccccc3c3c4ccc5ccccc5c4c4ccccc4c32)c1. The second kappa shape index (κ2) is 8.55. The zero-order chi connectivity index (χ0) is 26.9. The van der Waals surface area contributed by atoms with Gasteiger partial charge in [0.2, 0.25) is 0 Å². The number of aromatic nitrogens is 1. The van der Waals surface area contributed by atoms with Crippen molar-refractivity contribution in [2.75, 3.05) is 0 Å². The van der Waals surface area contributed by atoms with Crippen LogP contribution in [0.1, 0.15) is 0 Å². The van der Waals surface area contributed by atoms with Crippen molar-refractivity contribution in [2.45, 2.75) is 0 Å². The van der Waals surface area contributed by atoms with E-state index in [1.165, 1.54) is 81.7 Å². The molecule has 0 fully saturated rings. The normalized spacial score (nSPS) is 11.9. The number of hydrogen-bond donors (Lipinski definition) is 0. The Morgan fingerprint density at radius 3 is 1.85 bits per heavy atom. The topological polar surface area (TPSA) is 4.93 Å². The molecule has 0 saturated heterocycles. The highest BCUT2D eigenvalue weighted by atomic mass is 15.0. The first-order valence-corrected chi connectivity index (χ1v) is 14.2. The summed E-state index contributed by atoms with van der Waals surface area (Å²) in [7, 11) is 0. The van der Waals surface area contributed by atoms with Crippen molar-refractivity contribution in [3.8, 4) is 16.8 Å². The minimum absolute atomic E-state index is 1.17. The molecule has 8 aromatic carbocycles. The van der Waals surface area contributed by atoms with Crippen molar-refractivity contribution in [1.29, 1.82) is 0 Å². The molecule has 0 saturated carbocycles. The van der Waals surface area contributed by atoms with Crippen LogP contribution in [0.3, 0.4) is 0 Å². The summed E-state index contributed by atoms with van der Waals surface area (Å²) in [5, 5.41) is 12.9. The standard InChI is InChI=1S/C40H25N/c1-3-16-30-26(11-1)13-10-21-31(30)28-14-9-15-29(25-28)41-37-22-8-7-20-35(37)39-36-24-23-27-12-2-4-17-32(27)38(36)33-18-5-6-19-34(33)40(39)41/h1-25H. The molecule has 1 aromatic heterocycles. The number of para-hydroxylation sites is 1. The van der Waals surface area contributed by atoms with E-state index in [9.17, 15) is 0 Å². The van der Waals surface area contributed by atoms with Gasteiger partial charge in [0.1, 0.15) is 0 Å². The van der Waals surface area contributed by atoms with E-state index in [1.807, 2.05) is 0 Å². The minimum atomic E-state index is 1.17. The third-order valence-electron chi connectivity index (χ3n) is 8.73. The van der Waals surface area contributed by atoms with Crippen LogP contribution in [0.5, 0.6) is 0 Å². The van der Waals surface area contributed by atoms with Crippen molar-refractivity contribution in [3.63, 3.8) is 0 Å². The van der Waals surface area contributed by atoms with Gasteiger partial charge in [0, 0.05) is 21.8 Å². The Kier molecular flexibility index (Phi) is 4.67. The number of rotatable bonds is 2. The molecule has 0 bridgehead atoms. The fraction of sp³-hybridized carbons (Fsp3) is 0. The first kappa shape index (κ1) is 22.4. The van der Waals surface area contributed by atoms with E-state index in [0.29, 0.717) is 0 Å². The molecule has 0 radical (unpaired) electrons. The van der Waals surface area contributed by atoms with Gasteiger partial charge in [-0.25, -0.2) is 0 Å². The third-order valence-corrected chi connectivity index (χ3v) is 8.73. The van der Waals surface area contributed by atoms with Gasteiger partial charge in [-0.3, -0.25) is 0 Å². The van der Waals surface area contributed by atoms with E-state index in [2.05, 4.69) is 156 Å². The van der Waals surface area contributed by atoms with Crippen molar-refractivity contribution < 1.29 is 0 Å². The van der Waals surface area contributed by atoms with Crippen LogP contribution < -0.4 is 0 Å². The molecule has 1 nitrogen and oxygen atoms in total. The Morgan fingerprint density at radius 1 is 0.366 bits per heavy atom. The predicted molar refractivity (Wildman–Crippen MR) is 176 cm³/mol. The van der Waals surface area contributed by atoms with Crippen LogP contribution in [-0.2, 0) is 0 Å². The van der Waals surface area contributed by atoms with Gasteiger partial charge >= 0.3 is 0 Å². The van der Waals surface area contributed by atoms with Gasteiger partial charge in [0.05, 0.1) is 11.0 Å². The molecule has 0 aliphatic carbocycles. The lowest BCUT2D eigenvalue weighted by molar-refractivity contribution is 1.19. The molecular weight excluding hydrogens is 494 g/mol. The summed E-state index contributed by atoms with van der Waals surface area (Å²) in [6, 6.07) is 55.5. The number of nitrogens with zero attached hydrogens (tertiary/aromatic N) is 1. The average molecular weight is 520 g/mol. The van der Waals surface area contributed by atoms with Crippen LogP contribution in [-0.4, -0.2) is 4.57 Å². The Hall–Kier alpha value is -5.40. The van der Waals surface area contributed by atoms with Gasteiger partial charge in [-0.2, -0.15) is 0 Å². The van der Waals surface area contributed by atoms with Crippen LogP contribution in [0.25, 0.3) is 81.7 Å². The van der Waals surface area contributed by atoms with E-state index < -0.39 is 0 Å². The van der Waals surface area contributed by atoms with Crippen LogP contribution >= 0.6 is 0 Å². The van der Waals surface area contributed by atoms with Gasteiger partial charge in [0.25, 0.3) is 0 Å². The number of fused-ring (bicyclic) bond motifs is 11. The van der Waals surface area contributed by atoms with Crippen molar-refractivity contribution in [1.82, 2.24) is 4.57 Å². The first-order chi connectivity index (χ1) is 20.4. The molecule has 0 aliphatic heterocycles. The highest BCUT2D eigenvalue weighted by Crippen LogP contribution is 2.44. The smallest absolute Gasteiger partial charge is 0.0625 e. The lowest BCUT2D eigenvalue weighted by atomic mass is 9.93. The molecule has 1 heteroatoms. The molecule has 190 valence electrons. The van der Waals surface area contributed by atoms with Crippen molar-refractivity contribution >= 4 is 64.9 Å². The molecule has 0 amide bonds. The number of benzene rings is 8. The van der Waals surface area contributed by atoms with Gasteiger partial charge in [-0.05, 0) is 67.0 Å². The average Bonchev–Trinajstić information content (AvgIpc) is 3.40. The summed E-state index contributed by atoms with van der Waals surface area (Å²) in [6.07, 6.45) is 0. The second-order valence-electron chi connectivity index (χ2n) is 10.9. The molecule has 9 rings (SSSR count). The van der Waals surface area contributed by atoms with E-state index in [0.717, 1.165) is 0 Å². The molecule has 0 atom stereocenters. The zero-order valence-electron chi connectivity index (χ0n) is 22.4. The van der Waals surface area contributed by atoms with E-state index >= 15 is 0 Å². The third kappa shape index (κ3) is 3.18. The Bertz CT molecular complexity index is 2470.